The van der Waals surface area contributed by atoms with Crippen LogP contribution in [-0.2, 0) is 0 Å². The van der Waals surface area contributed by atoms with Gasteiger partial charge >= 0.3 is 0 Å². The molecule has 0 amide bonds. The zero-order valence-electron chi connectivity index (χ0n) is 10.4. The van der Waals surface area contributed by atoms with Crippen LogP contribution in [0.4, 0.5) is 11.4 Å². The van der Waals surface area contributed by atoms with Crippen molar-refractivity contribution in [1.82, 2.24) is 0 Å². The number of ether oxygens (including phenoxy) is 1. The molecule has 0 aliphatic heterocycles. The van der Waals surface area contributed by atoms with Crippen molar-refractivity contribution in [3.8, 4) is 11.8 Å². The highest BCUT2D eigenvalue weighted by Gasteiger charge is 2.00. The number of hydrogen-bond acceptors (Lipinski definition) is 3. The first-order valence-electron chi connectivity index (χ1n) is 5.65. The Bertz CT molecular complexity index is 582. The van der Waals surface area contributed by atoms with Crippen LogP contribution in [0.25, 0.3) is 0 Å². The Morgan fingerprint density at radius 3 is 2.28 bits per heavy atom. The minimum Gasteiger partial charge on any atom is -0.496 e. The van der Waals surface area contributed by atoms with E-state index < -0.39 is 0 Å². The average molecular weight is 238 g/mol. The van der Waals surface area contributed by atoms with Gasteiger partial charge in [0.05, 0.1) is 18.7 Å². The van der Waals surface area contributed by atoms with Crippen molar-refractivity contribution in [2.24, 2.45) is 0 Å². The van der Waals surface area contributed by atoms with Gasteiger partial charge in [0, 0.05) is 11.4 Å². The Kier molecular flexibility index (Phi) is 3.49. The fraction of sp³-hybridized carbons (Fsp3) is 0.133. The molecular weight excluding hydrogens is 224 g/mol. The van der Waals surface area contributed by atoms with Crippen LogP contribution in [-0.4, -0.2) is 7.11 Å². The van der Waals surface area contributed by atoms with E-state index in [1.807, 2.05) is 37.3 Å². The van der Waals surface area contributed by atoms with Crippen molar-refractivity contribution < 1.29 is 4.74 Å². The zero-order valence-corrected chi connectivity index (χ0v) is 10.4. The fourth-order valence-electron chi connectivity index (χ4n) is 1.75. The summed E-state index contributed by atoms with van der Waals surface area (Å²) >= 11 is 0. The smallest absolute Gasteiger partial charge is 0.121 e. The van der Waals surface area contributed by atoms with Gasteiger partial charge in [0.25, 0.3) is 0 Å². The molecule has 0 saturated carbocycles. The van der Waals surface area contributed by atoms with Crippen molar-refractivity contribution in [1.29, 1.82) is 5.26 Å². The molecule has 3 nitrogen and oxygen atoms in total. The van der Waals surface area contributed by atoms with Crippen molar-refractivity contribution >= 4 is 11.4 Å². The van der Waals surface area contributed by atoms with Gasteiger partial charge in [0.1, 0.15) is 5.75 Å². The summed E-state index contributed by atoms with van der Waals surface area (Å²) in [6, 6.07) is 15.4. The van der Waals surface area contributed by atoms with Gasteiger partial charge < -0.3 is 10.1 Å². The topological polar surface area (TPSA) is 45.0 Å². The zero-order chi connectivity index (χ0) is 13.0. The number of hydrogen-bond donors (Lipinski definition) is 1. The van der Waals surface area contributed by atoms with Crippen molar-refractivity contribution in [3.05, 3.63) is 53.6 Å². The monoisotopic (exact) mass is 238 g/mol. The Morgan fingerprint density at radius 2 is 1.72 bits per heavy atom. The molecule has 0 aliphatic rings. The highest BCUT2D eigenvalue weighted by atomic mass is 16.5. The number of methoxy groups -OCH3 is 1. The summed E-state index contributed by atoms with van der Waals surface area (Å²) in [5.41, 5.74) is 3.69. The quantitative estimate of drug-likeness (QED) is 0.888. The van der Waals surface area contributed by atoms with Crippen LogP contribution in [0, 0.1) is 18.3 Å². The molecule has 2 aromatic rings. The largest absolute Gasteiger partial charge is 0.496 e. The summed E-state index contributed by atoms with van der Waals surface area (Å²) in [6.45, 7) is 2.00. The highest BCUT2D eigenvalue weighted by molar-refractivity contribution is 5.62. The molecule has 18 heavy (non-hydrogen) atoms. The van der Waals surface area contributed by atoms with Gasteiger partial charge in [-0.25, -0.2) is 0 Å². The molecular formula is C15H14N2O. The van der Waals surface area contributed by atoms with E-state index in [2.05, 4.69) is 11.4 Å². The predicted molar refractivity (Wildman–Crippen MR) is 72.2 cm³/mol. The minimum atomic E-state index is 0.659. The Labute approximate surface area is 107 Å². The lowest BCUT2D eigenvalue weighted by atomic mass is 10.2. The van der Waals surface area contributed by atoms with E-state index in [1.54, 1.807) is 19.2 Å². The molecule has 0 atom stereocenters. The third-order valence-electron chi connectivity index (χ3n) is 2.70. The molecule has 0 aliphatic carbocycles. The molecule has 0 radical (unpaired) electrons. The second-order valence-electron chi connectivity index (χ2n) is 4.00. The first-order chi connectivity index (χ1) is 8.72. The molecule has 2 rings (SSSR count). The normalized spacial score (nSPS) is 9.61. The van der Waals surface area contributed by atoms with Crippen LogP contribution >= 0.6 is 0 Å². The average Bonchev–Trinajstić information content (AvgIpc) is 2.40. The van der Waals surface area contributed by atoms with Gasteiger partial charge in [-0.15, -0.1) is 0 Å². The first-order valence-corrected chi connectivity index (χ1v) is 5.65. The summed E-state index contributed by atoms with van der Waals surface area (Å²) in [4.78, 5) is 0. The summed E-state index contributed by atoms with van der Waals surface area (Å²) in [5.74, 6) is 0.875. The van der Waals surface area contributed by atoms with Crippen LogP contribution < -0.4 is 10.1 Å². The fourth-order valence-corrected chi connectivity index (χ4v) is 1.75. The second kappa shape index (κ2) is 5.24. The van der Waals surface area contributed by atoms with Gasteiger partial charge in [-0.3, -0.25) is 0 Å². The molecule has 0 bridgehead atoms. The minimum absolute atomic E-state index is 0.659. The second-order valence-corrected chi connectivity index (χ2v) is 4.00. The number of nitriles is 1. The van der Waals surface area contributed by atoms with Gasteiger partial charge in [0.15, 0.2) is 0 Å². The van der Waals surface area contributed by atoms with Crippen LogP contribution in [0.3, 0.4) is 0 Å². The van der Waals surface area contributed by atoms with Crippen LogP contribution in [0.15, 0.2) is 42.5 Å². The molecule has 2 aromatic carbocycles. The van der Waals surface area contributed by atoms with Gasteiger partial charge in [-0.05, 0) is 55.0 Å². The van der Waals surface area contributed by atoms with Gasteiger partial charge in [-0.2, -0.15) is 5.26 Å². The van der Waals surface area contributed by atoms with E-state index in [-0.39, 0.29) is 0 Å². The summed E-state index contributed by atoms with van der Waals surface area (Å²) < 4.78 is 5.22. The van der Waals surface area contributed by atoms with Gasteiger partial charge in [0.2, 0.25) is 0 Å². The first kappa shape index (κ1) is 12.0. The lowest BCUT2D eigenvalue weighted by molar-refractivity contribution is 0.412. The van der Waals surface area contributed by atoms with E-state index in [9.17, 15) is 0 Å². The molecule has 0 aromatic heterocycles. The van der Waals surface area contributed by atoms with E-state index >= 15 is 0 Å². The van der Waals surface area contributed by atoms with Crippen molar-refractivity contribution in [2.75, 3.05) is 12.4 Å². The number of nitrogens with one attached hydrogen (secondary N) is 1. The molecule has 0 saturated heterocycles. The van der Waals surface area contributed by atoms with E-state index in [4.69, 9.17) is 10.00 Å². The molecule has 1 N–H and O–H groups in total. The maximum atomic E-state index is 8.73. The third kappa shape index (κ3) is 2.61. The van der Waals surface area contributed by atoms with E-state index in [1.165, 1.54) is 0 Å². The van der Waals surface area contributed by atoms with Crippen molar-refractivity contribution in [3.63, 3.8) is 0 Å². The lowest BCUT2D eigenvalue weighted by Gasteiger charge is -2.09. The Hall–Kier alpha value is -2.47. The SMILES string of the molecule is COc1ccc(Nc2ccc(C#N)cc2)cc1C. The Balaban J connectivity index is 2.18. The van der Waals surface area contributed by atoms with Crippen LogP contribution in [0.2, 0.25) is 0 Å². The Morgan fingerprint density at radius 1 is 1.06 bits per heavy atom. The summed E-state index contributed by atoms with van der Waals surface area (Å²) in [5, 5.41) is 12.0. The number of rotatable bonds is 3. The summed E-state index contributed by atoms with van der Waals surface area (Å²) in [6.07, 6.45) is 0. The lowest BCUT2D eigenvalue weighted by Crippen LogP contribution is -1.92. The number of anilines is 2. The van der Waals surface area contributed by atoms with E-state index in [0.717, 1.165) is 22.7 Å². The van der Waals surface area contributed by atoms with Crippen LogP contribution in [0.1, 0.15) is 11.1 Å². The van der Waals surface area contributed by atoms with Crippen molar-refractivity contribution in [2.45, 2.75) is 6.92 Å². The highest BCUT2D eigenvalue weighted by Crippen LogP contribution is 2.24. The molecule has 0 unspecified atom stereocenters. The number of nitrogens with zero attached hydrogens (tertiary/aromatic N) is 1. The molecule has 0 spiro atoms. The van der Waals surface area contributed by atoms with Gasteiger partial charge in [-0.1, -0.05) is 0 Å². The molecule has 0 fully saturated rings. The molecule has 90 valence electrons. The van der Waals surface area contributed by atoms with Crippen LogP contribution in [0.5, 0.6) is 5.75 Å². The maximum Gasteiger partial charge on any atom is 0.121 e. The van der Waals surface area contributed by atoms with E-state index in [0.29, 0.717) is 5.56 Å². The number of benzene rings is 2. The molecule has 0 heterocycles. The summed E-state index contributed by atoms with van der Waals surface area (Å²) in [7, 11) is 1.66. The maximum absolute atomic E-state index is 8.73. The predicted octanol–water partition coefficient (Wildman–Crippen LogP) is 3.62. The standard InChI is InChI=1S/C15H14N2O/c1-11-9-14(7-8-15(11)18-2)17-13-5-3-12(10-16)4-6-13/h3-9,17H,1-2H3. The third-order valence-corrected chi connectivity index (χ3v) is 2.70. The number of aryl methyl sites for hydroxylation is 1. The molecule has 3 heteroatoms.